The highest BCUT2D eigenvalue weighted by molar-refractivity contribution is 5.74. The number of carbonyl (C=O) groups excluding carboxylic acids is 1. The molecule has 0 aliphatic carbocycles. The molecule has 0 fully saturated rings. The Kier molecular flexibility index (Phi) is 7.11. The Morgan fingerprint density at radius 1 is 1.17 bits per heavy atom. The van der Waals surface area contributed by atoms with Gasteiger partial charge in [-0.25, -0.2) is 0 Å². The van der Waals surface area contributed by atoms with Crippen LogP contribution in [0.25, 0.3) is 11.1 Å². The highest BCUT2D eigenvalue weighted by Crippen LogP contribution is 2.21. The molecule has 0 radical (unpaired) electrons. The zero-order valence-corrected chi connectivity index (χ0v) is 17.3. The second-order valence-electron chi connectivity index (χ2n) is 7.09. The number of hydrogen-bond donors (Lipinski definition) is 0. The van der Waals surface area contributed by atoms with Gasteiger partial charge in [-0.15, -0.1) is 0 Å². The molecule has 0 bridgehead atoms. The average molecular weight is 396 g/mol. The smallest absolute Gasteiger partial charge is 0.308 e. The van der Waals surface area contributed by atoms with E-state index in [1.807, 2.05) is 60.5 Å². The topological polar surface area (TPSA) is 64.8 Å². The molecule has 0 N–H and O–H groups in total. The van der Waals surface area contributed by atoms with Crippen molar-refractivity contribution in [3.8, 4) is 5.75 Å². The van der Waals surface area contributed by atoms with E-state index in [4.69, 9.17) is 13.9 Å². The fourth-order valence-corrected chi connectivity index (χ4v) is 3.24. The first-order chi connectivity index (χ1) is 14.1. The molecule has 0 spiro atoms. The number of likely N-dealkylation sites (N-methyl/N-ethyl adjacent to an activating group) is 1. The van der Waals surface area contributed by atoms with Crippen LogP contribution in [0.1, 0.15) is 25.3 Å². The quantitative estimate of drug-likeness (QED) is 0.471. The van der Waals surface area contributed by atoms with Crippen molar-refractivity contribution in [2.24, 2.45) is 5.92 Å². The van der Waals surface area contributed by atoms with Gasteiger partial charge >= 0.3 is 5.97 Å². The summed E-state index contributed by atoms with van der Waals surface area (Å²) in [5, 5.41) is 0. The van der Waals surface area contributed by atoms with E-state index in [9.17, 15) is 4.79 Å². The van der Waals surface area contributed by atoms with Gasteiger partial charge in [0.1, 0.15) is 17.9 Å². The third-order valence-electron chi connectivity index (χ3n) is 4.88. The summed E-state index contributed by atoms with van der Waals surface area (Å²) in [6.45, 7) is 3.23. The maximum absolute atomic E-state index is 11.9. The number of hydrogen-bond acceptors (Lipinski definition) is 6. The molecular formula is C23H28N2O4. The number of rotatable bonds is 10. The van der Waals surface area contributed by atoms with Gasteiger partial charge in [-0.2, -0.15) is 4.98 Å². The van der Waals surface area contributed by atoms with Gasteiger partial charge in [0, 0.05) is 7.05 Å². The van der Waals surface area contributed by atoms with Crippen molar-refractivity contribution >= 4 is 23.1 Å². The average Bonchev–Trinajstić information content (AvgIpc) is 3.18. The molecular weight excluding hydrogens is 368 g/mol. The molecule has 0 aliphatic rings. The number of ether oxygens (including phenoxy) is 2. The molecule has 1 unspecified atom stereocenters. The van der Waals surface area contributed by atoms with Gasteiger partial charge in [0.05, 0.1) is 19.6 Å². The van der Waals surface area contributed by atoms with Crippen LogP contribution in [0.15, 0.2) is 52.9 Å². The fraction of sp³-hybridized carbons (Fsp3) is 0.391. The first-order valence-corrected chi connectivity index (χ1v) is 9.97. The molecule has 1 aromatic heterocycles. The summed E-state index contributed by atoms with van der Waals surface area (Å²) in [7, 11) is 3.37. The monoisotopic (exact) mass is 396 g/mol. The molecule has 1 atom stereocenters. The molecule has 1 heterocycles. The van der Waals surface area contributed by atoms with Crippen LogP contribution in [0.2, 0.25) is 0 Å². The van der Waals surface area contributed by atoms with Crippen molar-refractivity contribution in [3.05, 3.63) is 54.1 Å². The van der Waals surface area contributed by atoms with Crippen LogP contribution in [0.5, 0.6) is 5.75 Å². The Balaban J connectivity index is 1.50. The van der Waals surface area contributed by atoms with Crippen LogP contribution < -0.4 is 9.64 Å². The number of methoxy groups -OCH3 is 1. The third kappa shape index (κ3) is 5.50. The molecule has 3 rings (SSSR count). The molecule has 6 nitrogen and oxygen atoms in total. The van der Waals surface area contributed by atoms with Crippen molar-refractivity contribution in [2.75, 3.05) is 32.2 Å². The number of oxazole rings is 1. The summed E-state index contributed by atoms with van der Waals surface area (Å²) in [4.78, 5) is 18.3. The minimum Gasteiger partial charge on any atom is -0.492 e. The molecule has 2 aromatic carbocycles. The number of para-hydroxylation sites is 2. The maximum atomic E-state index is 11.9. The maximum Gasteiger partial charge on any atom is 0.308 e. The zero-order valence-electron chi connectivity index (χ0n) is 17.3. The summed E-state index contributed by atoms with van der Waals surface area (Å²) >= 11 is 0. The highest BCUT2D eigenvalue weighted by Gasteiger charge is 2.18. The van der Waals surface area contributed by atoms with Crippen LogP contribution in [0.3, 0.4) is 0 Å². The van der Waals surface area contributed by atoms with Crippen LogP contribution in [0.4, 0.5) is 6.01 Å². The molecule has 29 heavy (non-hydrogen) atoms. The van der Waals surface area contributed by atoms with Gasteiger partial charge in [-0.3, -0.25) is 4.79 Å². The summed E-state index contributed by atoms with van der Waals surface area (Å²) in [5.41, 5.74) is 2.73. The van der Waals surface area contributed by atoms with Crippen molar-refractivity contribution in [3.63, 3.8) is 0 Å². The lowest BCUT2D eigenvalue weighted by Gasteiger charge is -2.16. The molecule has 0 amide bonds. The number of anilines is 1. The van der Waals surface area contributed by atoms with Gasteiger partial charge in [0.2, 0.25) is 0 Å². The second-order valence-corrected chi connectivity index (χ2v) is 7.09. The number of esters is 1. The third-order valence-corrected chi connectivity index (χ3v) is 4.88. The van der Waals surface area contributed by atoms with Crippen LogP contribution in [0, 0.1) is 5.92 Å². The van der Waals surface area contributed by atoms with E-state index in [-0.39, 0.29) is 11.9 Å². The van der Waals surface area contributed by atoms with E-state index in [1.165, 1.54) is 7.11 Å². The summed E-state index contributed by atoms with van der Waals surface area (Å²) in [6, 6.07) is 16.2. The lowest BCUT2D eigenvalue weighted by Crippen LogP contribution is -2.24. The van der Waals surface area contributed by atoms with E-state index in [0.29, 0.717) is 25.6 Å². The number of carbonyl (C=O) groups is 1. The van der Waals surface area contributed by atoms with Gasteiger partial charge in [0.15, 0.2) is 5.58 Å². The van der Waals surface area contributed by atoms with Gasteiger partial charge in [0.25, 0.3) is 6.01 Å². The lowest BCUT2D eigenvalue weighted by atomic mass is 9.95. The second kappa shape index (κ2) is 9.96. The molecule has 0 aliphatic heterocycles. The van der Waals surface area contributed by atoms with Crippen molar-refractivity contribution < 1.29 is 18.7 Å². The van der Waals surface area contributed by atoms with E-state index < -0.39 is 0 Å². The predicted octanol–water partition coefficient (Wildman–Crippen LogP) is 4.47. The molecule has 3 aromatic rings. The van der Waals surface area contributed by atoms with E-state index in [1.54, 1.807) is 0 Å². The zero-order chi connectivity index (χ0) is 20.6. The number of benzene rings is 2. The molecule has 6 heteroatoms. The Morgan fingerprint density at radius 3 is 2.62 bits per heavy atom. The van der Waals surface area contributed by atoms with Gasteiger partial charge in [-0.1, -0.05) is 37.6 Å². The summed E-state index contributed by atoms with van der Waals surface area (Å²) < 4.78 is 16.5. The van der Waals surface area contributed by atoms with Gasteiger partial charge < -0.3 is 18.8 Å². The first kappa shape index (κ1) is 20.7. The molecule has 0 saturated carbocycles. The molecule has 154 valence electrons. The van der Waals surface area contributed by atoms with Gasteiger partial charge in [-0.05, 0) is 42.7 Å². The number of fused-ring (bicyclic) bond motifs is 1. The van der Waals surface area contributed by atoms with E-state index >= 15 is 0 Å². The van der Waals surface area contributed by atoms with Crippen molar-refractivity contribution in [1.29, 1.82) is 0 Å². The summed E-state index contributed by atoms with van der Waals surface area (Å²) in [6.07, 6.45) is 2.46. The number of aromatic nitrogens is 1. The highest BCUT2D eigenvalue weighted by atomic mass is 16.5. The number of nitrogens with zero attached hydrogens (tertiary/aromatic N) is 2. The Labute approximate surface area is 171 Å². The SMILES string of the molecule is CCCC(Cc1ccc(OCCN(C)c2nc3ccccc3o2)cc1)C(=O)OC. The predicted molar refractivity (Wildman–Crippen MR) is 113 cm³/mol. The largest absolute Gasteiger partial charge is 0.492 e. The van der Waals surface area contributed by atoms with Crippen molar-refractivity contribution in [2.45, 2.75) is 26.2 Å². The van der Waals surface area contributed by atoms with E-state index in [0.717, 1.165) is 35.3 Å². The molecule has 0 saturated heterocycles. The standard InChI is InChI=1S/C23H28N2O4/c1-4-7-18(22(26)27-3)16-17-10-12-19(13-11-17)28-15-14-25(2)23-24-20-8-5-6-9-21(20)29-23/h5-6,8-13,18H,4,7,14-16H2,1-3H3. The lowest BCUT2D eigenvalue weighted by molar-refractivity contribution is -0.145. The van der Waals surface area contributed by atoms with Crippen molar-refractivity contribution in [1.82, 2.24) is 4.98 Å². The van der Waals surface area contributed by atoms with Crippen LogP contribution >= 0.6 is 0 Å². The van der Waals surface area contributed by atoms with Crippen LogP contribution in [-0.4, -0.2) is 38.3 Å². The summed E-state index contributed by atoms with van der Waals surface area (Å²) in [5.74, 6) is 0.556. The fourth-order valence-electron chi connectivity index (χ4n) is 3.24. The minimum absolute atomic E-state index is 0.0956. The minimum atomic E-state index is -0.144. The first-order valence-electron chi connectivity index (χ1n) is 9.97. The van der Waals surface area contributed by atoms with Crippen LogP contribution in [-0.2, 0) is 16.0 Å². The Hall–Kier alpha value is -3.02. The Morgan fingerprint density at radius 2 is 1.93 bits per heavy atom. The Bertz CT molecular complexity index is 887. The van der Waals surface area contributed by atoms with E-state index in [2.05, 4.69) is 11.9 Å². The normalized spacial score (nSPS) is 12.0.